The van der Waals surface area contributed by atoms with Crippen molar-refractivity contribution in [1.29, 1.82) is 0 Å². The molecule has 2 aromatic rings. The maximum Gasteiger partial charge on any atom is 0.213 e. The van der Waals surface area contributed by atoms with E-state index >= 15 is 0 Å². The van der Waals surface area contributed by atoms with Gasteiger partial charge in [0.1, 0.15) is 6.10 Å². The smallest absolute Gasteiger partial charge is 0.213 e. The van der Waals surface area contributed by atoms with Crippen LogP contribution < -0.4 is 15.8 Å². The van der Waals surface area contributed by atoms with E-state index in [1.165, 1.54) is 12.8 Å². The van der Waals surface area contributed by atoms with Crippen molar-refractivity contribution in [2.45, 2.75) is 44.8 Å². The van der Waals surface area contributed by atoms with Gasteiger partial charge in [0.2, 0.25) is 5.88 Å². The molecule has 1 saturated carbocycles. The summed E-state index contributed by atoms with van der Waals surface area (Å²) in [6.45, 7) is 1.21. The number of hydrogen-bond acceptors (Lipinski definition) is 4. The Morgan fingerprint density at radius 2 is 2.04 bits per heavy atom. The normalized spacial score (nSPS) is 14.7. The van der Waals surface area contributed by atoms with Gasteiger partial charge in [-0.3, -0.25) is 4.98 Å². The first-order chi connectivity index (χ1) is 12.3. The number of hydrogen-bond donors (Lipinski definition) is 2. The third-order valence-corrected chi connectivity index (χ3v) is 4.23. The van der Waals surface area contributed by atoms with Crippen LogP contribution in [0.4, 0.5) is 0 Å². The molecule has 0 bridgehead atoms. The summed E-state index contributed by atoms with van der Waals surface area (Å²) < 4.78 is 5.92. The molecule has 1 aliphatic carbocycles. The largest absolute Gasteiger partial charge is 0.474 e. The maximum atomic E-state index is 5.93. The lowest BCUT2D eigenvalue weighted by Gasteiger charge is -2.12. The van der Waals surface area contributed by atoms with Crippen molar-refractivity contribution in [1.82, 2.24) is 15.3 Å². The van der Waals surface area contributed by atoms with E-state index < -0.39 is 0 Å². The standard InChI is InChI=1S/C19H25N5O.HI/c20-19(23-12-9-16-5-3-4-10-21-16)24-14-15-8-11-22-18(13-15)25-17-6-1-2-7-17;/h3-5,8,10-11,13,17H,1-2,6-7,9,12,14H2,(H3,20,23,24);1H. The van der Waals surface area contributed by atoms with Crippen molar-refractivity contribution in [3.8, 4) is 5.88 Å². The molecule has 0 aromatic carbocycles. The zero-order chi connectivity index (χ0) is 17.3. The summed E-state index contributed by atoms with van der Waals surface area (Å²) in [5, 5.41) is 3.12. The predicted molar refractivity (Wildman–Crippen MR) is 114 cm³/mol. The van der Waals surface area contributed by atoms with Gasteiger partial charge in [0.15, 0.2) is 5.96 Å². The number of pyridine rings is 2. The molecule has 0 unspecified atom stereocenters. The third-order valence-electron chi connectivity index (χ3n) is 4.23. The molecule has 6 nitrogen and oxygen atoms in total. The Morgan fingerprint density at radius 1 is 1.19 bits per heavy atom. The average Bonchev–Trinajstić information content (AvgIpc) is 3.14. The minimum atomic E-state index is 0. The number of aliphatic imine (C=N–C) groups is 1. The number of guanidine groups is 1. The van der Waals surface area contributed by atoms with Crippen molar-refractivity contribution in [2.75, 3.05) is 6.54 Å². The Labute approximate surface area is 171 Å². The van der Waals surface area contributed by atoms with Gasteiger partial charge in [-0.15, -0.1) is 24.0 Å². The predicted octanol–water partition coefficient (Wildman–Crippen LogP) is 3.06. The fraction of sp³-hybridized carbons (Fsp3) is 0.421. The molecule has 0 aliphatic heterocycles. The molecule has 3 rings (SSSR count). The van der Waals surface area contributed by atoms with Crippen molar-refractivity contribution in [3.05, 3.63) is 54.0 Å². The first-order valence-corrected chi connectivity index (χ1v) is 8.85. The third kappa shape index (κ3) is 6.78. The van der Waals surface area contributed by atoms with Crippen LogP contribution in [0, 0.1) is 0 Å². The Hall–Kier alpha value is -1.90. The molecule has 1 aliphatic rings. The number of halogens is 1. The number of rotatable bonds is 7. The monoisotopic (exact) mass is 467 g/mol. The molecule has 0 saturated heterocycles. The number of aromatic nitrogens is 2. The van der Waals surface area contributed by atoms with Crippen LogP contribution in [-0.2, 0) is 13.0 Å². The lowest BCUT2D eigenvalue weighted by Crippen LogP contribution is -2.33. The summed E-state index contributed by atoms with van der Waals surface area (Å²) in [7, 11) is 0. The number of nitrogens with two attached hydrogens (primary N) is 1. The van der Waals surface area contributed by atoms with Crippen LogP contribution in [0.5, 0.6) is 5.88 Å². The van der Waals surface area contributed by atoms with Gasteiger partial charge in [0, 0.05) is 37.1 Å². The molecule has 0 amide bonds. The summed E-state index contributed by atoms with van der Waals surface area (Å²) in [5.41, 5.74) is 8.00. The molecule has 7 heteroatoms. The number of ether oxygens (including phenoxy) is 1. The van der Waals surface area contributed by atoms with E-state index in [-0.39, 0.29) is 24.0 Å². The summed E-state index contributed by atoms with van der Waals surface area (Å²) in [4.78, 5) is 12.9. The van der Waals surface area contributed by atoms with Crippen molar-refractivity contribution in [2.24, 2.45) is 10.7 Å². The first-order valence-electron chi connectivity index (χ1n) is 8.85. The van der Waals surface area contributed by atoms with E-state index in [0.29, 0.717) is 31.0 Å². The van der Waals surface area contributed by atoms with Gasteiger partial charge in [-0.1, -0.05) is 6.07 Å². The summed E-state index contributed by atoms with van der Waals surface area (Å²) in [6.07, 6.45) is 9.41. The van der Waals surface area contributed by atoms with Crippen LogP contribution >= 0.6 is 24.0 Å². The van der Waals surface area contributed by atoms with Gasteiger partial charge in [-0.25, -0.2) is 9.98 Å². The molecular weight excluding hydrogens is 441 g/mol. The van der Waals surface area contributed by atoms with Crippen LogP contribution in [-0.4, -0.2) is 28.6 Å². The van der Waals surface area contributed by atoms with Gasteiger partial charge in [-0.2, -0.15) is 0 Å². The van der Waals surface area contributed by atoms with E-state index in [4.69, 9.17) is 10.5 Å². The molecule has 2 aromatic heterocycles. The molecule has 0 atom stereocenters. The summed E-state index contributed by atoms with van der Waals surface area (Å²) >= 11 is 0. The highest BCUT2D eigenvalue weighted by Crippen LogP contribution is 2.23. The number of nitrogens with one attached hydrogen (secondary N) is 1. The van der Waals surface area contributed by atoms with Crippen LogP contribution in [0.15, 0.2) is 47.7 Å². The molecule has 140 valence electrons. The molecule has 3 N–H and O–H groups in total. The maximum absolute atomic E-state index is 5.93. The molecule has 2 heterocycles. The second-order valence-electron chi connectivity index (χ2n) is 6.23. The molecule has 1 fully saturated rings. The summed E-state index contributed by atoms with van der Waals surface area (Å²) in [5.74, 6) is 1.12. The topological polar surface area (TPSA) is 85.4 Å². The second kappa shape index (κ2) is 10.9. The van der Waals surface area contributed by atoms with E-state index in [1.54, 1.807) is 12.4 Å². The average molecular weight is 467 g/mol. The highest BCUT2D eigenvalue weighted by atomic mass is 127. The van der Waals surface area contributed by atoms with E-state index in [2.05, 4.69) is 20.3 Å². The second-order valence-corrected chi connectivity index (χ2v) is 6.23. The summed E-state index contributed by atoms with van der Waals surface area (Å²) in [6, 6.07) is 9.77. The Balaban J connectivity index is 0.00000243. The van der Waals surface area contributed by atoms with Crippen molar-refractivity contribution in [3.63, 3.8) is 0 Å². The van der Waals surface area contributed by atoms with Crippen molar-refractivity contribution >= 4 is 29.9 Å². The first kappa shape index (κ1) is 20.4. The van der Waals surface area contributed by atoms with Crippen molar-refractivity contribution < 1.29 is 4.74 Å². The minimum absolute atomic E-state index is 0. The highest BCUT2D eigenvalue weighted by molar-refractivity contribution is 14.0. The van der Waals surface area contributed by atoms with Crippen LogP contribution in [0.1, 0.15) is 36.9 Å². The zero-order valence-electron chi connectivity index (χ0n) is 14.8. The fourth-order valence-corrected chi connectivity index (χ4v) is 2.89. The fourth-order valence-electron chi connectivity index (χ4n) is 2.89. The molecule has 0 spiro atoms. The highest BCUT2D eigenvalue weighted by Gasteiger charge is 2.16. The van der Waals surface area contributed by atoms with Crippen LogP contribution in [0.25, 0.3) is 0 Å². The van der Waals surface area contributed by atoms with Gasteiger partial charge in [0.05, 0.1) is 6.54 Å². The molecule has 0 radical (unpaired) electrons. The van der Waals surface area contributed by atoms with E-state index in [1.807, 2.05) is 30.3 Å². The van der Waals surface area contributed by atoms with Gasteiger partial charge in [-0.05, 0) is 49.4 Å². The van der Waals surface area contributed by atoms with Crippen LogP contribution in [0.3, 0.4) is 0 Å². The lowest BCUT2D eigenvalue weighted by atomic mass is 10.2. The zero-order valence-corrected chi connectivity index (χ0v) is 17.1. The van der Waals surface area contributed by atoms with E-state index in [0.717, 1.165) is 30.5 Å². The quantitative estimate of drug-likeness (QED) is 0.372. The molecule has 26 heavy (non-hydrogen) atoms. The Kier molecular flexibility index (Phi) is 8.60. The van der Waals surface area contributed by atoms with Gasteiger partial charge < -0.3 is 15.8 Å². The SMILES string of the molecule is I.NC(=NCc1ccnc(OC2CCCC2)c1)NCCc1ccccn1. The van der Waals surface area contributed by atoms with E-state index in [9.17, 15) is 0 Å². The van der Waals surface area contributed by atoms with Gasteiger partial charge in [0.25, 0.3) is 0 Å². The molecular formula is C19H26IN5O. The Morgan fingerprint density at radius 3 is 2.81 bits per heavy atom. The lowest BCUT2D eigenvalue weighted by molar-refractivity contribution is 0.201. The number of nitrogens with zero attached hydrogens (tertiary/aromatic N) is 3. The van der Waals surface area contributed by atoms with Gasteiger partial charge >= 0.3 is 0 Å². The Bertz CT molecular complexity index is 689. The minimum Gasteiger partial charge on any atom is -0.474 e. The van der Waals surface area contributed by atoms with Crippen LogP contribution in [0.2, 0.25) is 0 Å².